The molecular formula is C25H32ClFN4O3. The van der Waals surface area contributed by atoms with Crippen molar-refractivity contribution in [3.8, 4) is 11.5 Å². The van der Waals surface area contributed by atoms with Gasteiger partial charge in [0.25, 0.3) is 0 Å². The van der Waals surface area contributed by atoms with E-state index in [1.54, 1.807) is 20.2 Å². The fourth-order valence-corrected chi connectivity index (χ4v) is 3.60. The van der Waals surface area contributed by atoms with Crippen LogP contribution in [0.1, 0.15) is 22.5 Å². The fourth-order valence-electron chi connectivity index (χ4n) is 3.60. The molecule has 1 N–H and O–H groups in total. The van der Waals surface area contributed by atoms with Gasteiger partial charge in [-0.15, -0.1) is 12.4 Å². The van der Waals surface area contributed by atoms with Crippen molar-refractivity contribution in [1.82, 2.24) is 20.0 Å². The van der Waals surface area contributed by atoms with Crippen LogP contribution in [0.3, 0.4) is 0 Å². The van der Waals surface area contributed by atoms with Gasteiger partial charge in [-0.3, -0.25) is 14.4 Å². The number of benzene rings is 2. The number of aromatic nitrogens is 2. The number of carbonyl (C=O) groups is 1. The summed E-state index contributed by atoms with van der Waals surface area (Å²) in [4.78, 5) is 14.1. The lowest BCUT2D eigenvalue weighted by atomic mass is 10.1. The molecule has 0 aliphatic heterocycles. The molecule has 3 aromatic rings. The van der Waals surface area contributed by atoms with Crippen LogP contribution in [0.2, 0.25) is 0 Å². The van der Waals surface area contributed by atoms with Gasteiger partial charge in [-0.1, -0.05) is 18.2 Å². The third kappa shape index (κ3) is 7.74. The van der Waals surface area contributed by atoms with E-state index < -0.39 is 0 Å². The first-order valence-corrected chi connectivity index (χ1v) is 10.8. The van der Waals surface area contributed by atoms with Crippen LogP contribution < -0.4 is 14.8 Å². The van der Waals surface area contributed by atoms with Crippen molar-refractivity contribution in [3.63, 3.8) is 0 Å². The number of likely N-dealkylation sites (N-methyl/N-ethyl adjacent to an activating group) is 1. The lowest BCUT2D eigenvalue weighted by Crippen LogP contribution is -2.36. The molecule has 0 radical (unpaired) electrons. The molecule has 0 saturated carbocycles. The maximum absolute atomic E-state index is 13.4. The molecule has 1 heterocycles. The third-order valence-electron chi connectivity index (χ3n) is 5.36. The normalized spacial score (nSPS) is 10.6. The first-order valence-electron chi connectivity index (χ1n) is 10.8. The van der Waals surface area contributed by atoms with Crippen LogP contribution in [0.15, 0.2) is 48.5 Å². The van der Waals surface area contributed by atoms with E-state index in [9.17, 15) is 9.18 Å². The Labute approximate surface area is 206 Å². The van der Waals surface area contributed by atoms with Crippen molar-refractivity contribution < 1.29 is 18.7 Å². The average molecular weight is 491 g/mol. The van der Waals surface area contributed by atoms with E-state index in [4.69, 9.17) is 9.47 Å². The Kier molecular flexibility index (Phi) is 10.3. The Hall–Kier alpha value is -3.10. The number of hydrogen-bond donors (Lipinski definition) is 1. The maximum Gasteiger partial charge on any atom is 0.233 e. The fraction of sp³-hybridized carbons (Fsp3) is 0.360. The summed E-state index contributed by atoms with van der Waals surface area (Å²) in [6, 6.07) is 14.1. The second kappa shape index (κ2) is 13.0. The molecule has 0 bridgehead atoms. The van der Waals surface area contributed by atoms with Crippen molar-refractivity contribution in [3.05, 3.63) is 76.9 Å². The van der Waals surface area contributed by atoms with Gasteiger partial charge in [0.1, 0.15) is 12.4 Å². The summed E-state index contributed by atoms with van der Waals surface area (Å²) in [6.45, 7) is 3.81. The number of aryl methyl sites for hydroxylation is 2. The summed E-state index contributed by atoms with van der Waals surface area (Å²) in [5.41, 5.74) is 3.81. The Balaban J connectivity index is 0.00000408. The second-order valence-corrected chi connectivity index (χ2v) is 7.94. The third-order valence-corrected chi connectivity index (χ3v) is 5.36. The van der Waals surface area contributed by atoms with Crippen molar-refractivity contribution in [2.45, 2.75) is 26.5 Å². The largest absolute Gasteiger partial charge is 0.493 e. The number of nitrogens with zero attached hydrogens (tertiary/aromatic N) is 3. The van der Waals surface area contributed by atoms with Gasteiger partial charge in [0, 0.05) is 27.2 Å². The van der Waals surface area contributed by atoms with Crippen LogP contribution in [0, 0.1) is 12.7 Å². The van der Waals surface area contributed by atoms with Crippen LogP contribution in [0.5, 0.6) is 11.5 Å². The molecule has 0 unspecified atom stereocenters. The van der Waals surface area contributed by atoms with Crippen LogP contribution in [-0.4, -0.2) is 47.8 Å². The molecule has 3 rings (SSSR count). The maximum atomic E-state index is 13.4. The Bertz CT molecular complexity index is 1090. The molecule has 184 valence electrons. The summed E-state index contributed by atoms with van der Waals surface area (Å²) in [5, 5.41) is 7.09. The molecule has 0 spiro atoms. The molecule has 0 saturated heterocycles. The van der Waals surface area contributed by atoms with Gasteiger partial charge < -0.3 is 14.8 Å². The minimum absolute atomic E-state index is 0. The molecule has 2 aromatic carbocycles. The zero-order valence-electron chi connectivity index (χ0n) is 20.0. The van der Waals surface area contributed by atoms with Crippen LogP contribution >= 0.6 is 12.4 Å². The van der Waals surface area contributed by atoms with Crippen LogP contribution in [-0.2, 0) is 31.4 Å². The number of halogens is 2. The average Bonchev–Trinajstić information content (AvgIpc) is 3.12. The highest BCUT2D eigenvalue weighted by Crippen LogP contribution is 2.29. The molecule has 0 aliphatic rings. The summed E-state index contributed by atoms with van der Waals surface area (Å²) in [7, 11) is 5.15. The number of rotatable bonds is 11. The first-order chi connectivity index (χ1) is 15.9. The van der Waals surface area contributed by atoms with Crippen molar-refractivity contribution in [2.75, 3.05) is 27.2 Å². The van der Waals surface area contributed by atoms with E-state index in [-0.39, 0.29) is 30.7 Å². The second-order valence-electron chi connectivity index (χ2n) is 7.94. The van der Waals surface area contributed by atoms with Gasteiger partial charge in [0.2, 0.25) is 5.91 Å². The molecule has 34 heavy (non-hydrogen) atoms. The van der Waals surface area contributed by atoms with Crippen LogP contribution in [0.25, 0.3) is 0 Å². The minimum atomic E-state index is -0.291. The molecule has 9 heteroatoms. The minimum Gasteiger partial charge on any atom is -0.493 e. The topological polar surface area (TPSA) is 68.6 Å². The quantitative estimate of drug-likeness (QED) is 0.444. The highest BCUT2D eigenvalue weighted by Gasteiger charge is 2.14. The smallest absolute Gasteiger partial charge is 0.233 e. The van der Waals surface area contributed by atoms with E-state index in [0.717, 1.165) is 28.9 Å². The Morgan fingerprint density at radius 1 is 1.15 bits per heavy atom. The number of hydrogen-bond acceptors (Lipinski definition) is 5. The lowest BCUT2D eigenvalue weighted by molar-refractivity contribution is -0.121. The molecule has 1 aromatic heterocycles. The molecule has 7 nitrogen and oxygen atoms in total. The Morgan fingerprint density at radius 2 is 1.94 bits per heavy atom. The zero-order valence-corrected chi connectivity index (χ0v) is 20.8. The van der Waals surface area contributed by atoms with Crippen molar-refractivity contribution in [2.24, 2.45) is 7.05 Å². The van der Waals surface area contributed by atoms with Crippen LogP contribution in [0.4, 0.5) is 4.39 Å². The molecule has 1 amide bonds. The van der Waals surface area contributed by atoms with Gasteiger partial charge in [-0.05, 0) is 54.8 Å². The molecule has 0 atom stereocenters. The van der Waals surface area contributed by atoms with E-state index in [1.165, 1.54) is 12.1 Å². The van der Waals surface area contributed by atoms with Crippen molar-refractivity contribution in [1.29, 1.82) is 0 Å². The number of amides is 1. The zero-order chi connectivity index (χ0) is 23.8. The molecular weight excluding hydrogens is 459 g/mol. The predicted octanol–water partition coefficient (Wildman–Crippen LogP) is 3.67. The SMILES string of the molecule is CNC(=O)CN(CCc1ccc(OCc2cccc(F)c2)c(OC)c1)Cc1cc(C)nn1C.Cl. The molecule has 0 fully saturated rings. The molecule has 0 aliphatic carbocycles. The summed E-state index contributed by atoms with van der Waals surface area (Å²) >= 11 is 0. The van der Waals surface area contributed by atoms with E-state index in [1.807, 2.05) is 49.0 Å². The number of carbonyl (C=O) groups excluding carboxylic acids is 1. The monoisotopic (exact) mass is 490 g/mol. The number of nitrogens with one attached hydrogen (secondary N) is 1. The first kappa shape index (κ1) is 27.1. The highest BCUT2D eigenvalue weighted by atomic mass is 35.5. The van der Waals surface area contributed by atoms with E-state index in [0.29, 0.717) is 31.1 Å². The number of ether oxygens (including phenoxy) is 2. The van der Waals surface area contributed by atoms with E-state index >= 15 is 0 Å². The van der Waals surface area contributed by atoms with Gasteiger partial charge in [0.05, 0.1) is 25.0 Å². The highest BCUT2D eigenvalue weighted by molar-refractivity contribution is 5.85. The van der Waals surface area contributed by atoms with Gasteiger partial charge in [-0.25, -0.2) is 4.39 Å². The summed E-state index contributed by atoms with van der Waals surface area (Å²) < 4.78 is 26.6. The standard InChI is InChI=1S/C25H31FN4O3.ClH/c1-18-12-22(29(3)28-18)15-30(16-25(31)27-2)11-10-19-8-9-23(24(14-19)32-4)33-17-20-6-5-7-21(26)13-20;/h5-9,12-14H,10-11,15-17H2,1-4H3,(H,27,31);1H. The number of methoxy groups -OCH3 is 1. The van der Waals surface area contributed by atoms with E-state index in [2.05, 4.69) is 15.3 Å². The van der Waals surface area contributed by atoms with Gasteiger partial charge >= 0.3 is 0 Å². The van der Waals surface area contributed by atoms with Gasteiger partial charge in [0.15, 0.2) is 11.5 Å². The lowest BCUT2D eigenvalue weighted by Gasteiger charge is -2.22. The summed E-state index contributed by atoms with van der Waals surface area (Å²) in [5.74, 6) is 0.885. The summed E-state index contributed by atoms with van der Waals surface area (Å²) in [6.07, 6.45) is 0.731. The van der Waals surface area contributed by atoms with Gasteiger partial charge in [-0.2, -0.15) is 5.10 Å². The van der Waals surface area contributed by atoms with Crippen molar-refractivity contribution >= 4 is 18.3 Å². The Morgan fingerprint density at radius 3 is 2.59 bits per heavy atom. The predicted molar refractivity (Wildman–Crippen MR) is 132 cm³/mol.